The van der Waals surface area contributed by atoms with Gasteiger partial charge in [0.15, 0.2) is 0 Å². The van der Waals surface area contributed by atoms with Crippen LogP contribution in [0.15, 0.2) is 47.4 Å². The van der Waals surface area contributed by atoms with Gasteiger partial charge in [0.2, 0.25) is 11.8 Å². The fourth-order valence-corrected chi connectivity index (χ4v) is 3.68. The third-order valence-corrected chi connectivity index (χ3v) is 5.05. The molecule has 0 aromatic heterocycles. The van der Waals surface area contributed by atoms with E-state index in [4.69, 9.17) is 4.74 Å². The van der Waals surface area contributed by atoms with Gasteiger partial charge in [0.1, 0.15) is 5.75 Å². The molecule has 3 rings (SSSR count). The Morgan fingerprint density at radius 1 is 1.28 bits per heavy atom. The average molecular weight is 356 g/mol. The number of carbonyl (C=O) groups excluding carboxylic acids is 2. The van der Waals surface area contributed by atoms with Crippen LogP contribution >= 0.6 is 11.8 Å². The Balaban J connectivity index is 1.67. The molecular formula is C19H20N2O3S. The summed E-state index contributed by atoms with van der Waals surface area (Å²) in [6.45, 7) is 2.31. The number of nitrogens with zero attached hydrogens (tertiary/aromatic N) is 1. The Morgan fingerprint density at radius 2 is 2.08 bits per heavy atom. The average Bonchev–Trinajstić information content (AvgIpc) is 2.61. The van der Waals surface area contributed by atoms with Crippen molar-refractivity contribution < 1.29 is 14.3 Å². The first kappa shape index (κ1) is 17.4. The highest BCUT2D eigenvalue weighted by Gasteiger charge is 2.24. The van der Waals surface area contributed by atoms with Crippen molar-refractivity contribution in [3.05, 3.63) is 48.0 Å². The van der Waals surface area contributed by atoms with Gasteiger partial charge in [-0.1, -0.05) is 18.2 Å². The molecule has 2 amide bonds. The lowest BCUT2D eigenvalue weighted by Gasteiger charge is -2.28. The summed E-state index contributed by atoms with van der Waals surface area (Å²) in [7, 11) is 1.57. The quantitative estimate of drug-likeness (QED) is 0.891. The number of thioether (sulfide) groups is 1. The Morgan fingerprint density at radius 3 is 2.88 bits per heavy atom. The van der Waals surface area contributed by atoms with E-state index in [0.717, 1.165) is 16.1 Å². The second-order valence-electron chi connectivity index (χ2n) is 5.80. The van der Waals surface area contributed by atoms with Crippen LogP contribution in [0, 0.1) is 6.92 Å². The first-order valence-corrected chi connectivity index (χ1v) is 9.03. The summed E-state index contributed by atoms with van der Waals surface area (Å²) in [6, 6.07) is 13.4. The molecule has 0 atom stereocenters. The fraction of sp³-hybridized carbons (Fsp3) is 0.263. The highest BCUT2D eigenvalue weighted by atomic mass is 32.2. The molecule has 25 heavy (non-hydrogen) atoms. The van der Waals surface area contributed by atoms with Crippen LogP contribution in [-0.2, 0) is 9.59 Å². The van der Waals surface area contributed by atoms with Gasteiger partial charge in [-0.3, -0.25) is 9.59 Å². The zero-order valence-electron chi connectivity index (χ0n) is 14.2. The second kappa shape index (κ2) is 7.61. The summed E-state index contributed by atoms with van der Waals surface area (Å²) in [5.74, 6) is 0.913. The number of amides is 2. The molecular weight excluding hydrogens is 336 g/mol. The normalized spacial score (nSPS) is 13.4. The van der Waals surface area contributed by atoms with Crippen molar-refractivity contribution in [3.63, 3.8) is 0 Å². The van der Waals surface area contributed by atoms with Gasteiger partial charge in [-0.05, 0) is 36.8 Å². The number of methoxy groups -OCH3 is 1. The van der Waals surface area contributed by atoms with Crippen LogP contribution in [0.5, 0.6) is 5.75 Å². The number of nitrogens with one attached hydrogen (secondary N) is 1. The standard InChI is InChI=1S/C19H20N2O3S/c1-13-7-8-16(24-2)14(11-13)20-18(22)9-10-21-15-5-3-4-6-17(15)25-12-19(21)23/h3-8,11H,9-10,12H2,1-2H3,(H,20,22). The summed E-state index contributed by atoms with van der Waals surface area (Å²) >= 11 is 1.54. The van der Waals surface area contributed by atoms with Crippen molar-refractivity contribution in [2.45, 2.75) is 18.2 Å². The molecule has 0 saturated heterocycles. The van der Waals surface area contributed by atoms with Gasteiger partial charge in [-0.15, -0.1) is 11.8 Å². The molecule has 2 aromatic carbocycles. The van der Waals surface area contributed by atoms with Crippen LogP contribution in [-0.4, -0.2) is 31.2 Å². The molecule has 1 aliphatic heterocycles. The minimum absolute atomic E-state index is 0.0321. The molecule has 2 aromatic rings. The van der Waals surface area contributed by atoms with E-state index in [1.54, 1.807) is 12.0 Å². The zero-order chi connectivity index (χ0) is 17.8. The topological polar surface area (TPSA) is 58.6 Å². The number of para-hydroxylation sites is 1. The summed E-state index contributed by atoms with van der Waals surface area (Å²) < 4.78 is 5.28. The lowest BCUT2D eigenvalue weighted by Crippen LogP contribution is -2.37. The van der Waals surface area contributed by atoms with Crippen molar-refractivity contribution >= 4 is 35.0 Å². The number of ether oxygens (including phenoxy) is 1. The van der Waals surface area contributed by atoms with Crippen LogP contribution in [0.25, 0.3) is 0 Å². The Bertz CT molecular complexity index is 807. The van der Waals surface area contributed by atoms with E-state index in [0.29, 0.717) is 23.7 Å². The van der Waals surface area contributed by atoms with Crippen LogP contribution < -0.4 is 15.0 Å². The first-order valence-electron chi connectivity index (χ1n) is 8.05. The smallest absolute Gasteiger partial charge is 0.237 e. The van der Waals surface area contributed by atoms with E-state index in [1.165, 1.54) is 11.8 Å². The second-order valence-corrected chi connectivity index (χ2v) is 6.82. The molecule has 0 radical (unpaired) electrons. The molecule has 1 N–H and O–H groups in total. The number of aryl methyl sites for hydroxylation is 1. The number of hydrogen-bond acceptors (Lipinski definition) is 4. The van der Waals surface area contributed by atoms with Gasteiger partial charge in [0, 0.05) is 17.9 Å². The number of fused-ring (bicyclic) bond motifs is 1. The molecule has 5 nitrogen and oxygen atoms in total. The van der Waals surface area contributed by atoms with E-state index in [1.807, 2.05) is 49.4 Å². The highest BCUT2D eigenvalue weighted by molar-refractivity contribution is 8.00. The Kier molecular flexibility index (Phi) is 5.28. The largest absolute Gasteiger partial charge is 0.495 e. The Hall–Kier alpha value is -2.47. The van der Waals surface area contributed by atoms with Gasteiger partial charge >= 0.3 is 0 Å². The fourth-order valence-electron chi connectivity index (χ4n) is 2.74. The summed E-state index contributed by atoms with van der Waals surface area (Å²) in [5.41, 5.74) is 2.56. The molecule has 0 bridgehead atoms. The van der Waals surface area contributed by atoms with Crippen LogP contribution in [0.3, 0.4) is 0 Å². The molecule has 0 spiro atoms. The maximum absolute atomic E-state index is 12.3. The summed E-state index contributed by atoms with van der Waals surface area (Å²) in [6.07, 6.45) is 0.224. The van der Waals surface area contributed by atoms with E-state index < -0.39 is 0 Å². The van der Waals surface area contributed by atoms with Gasteiger partial charge in [0.25, 0.3) is 0 Å². The maximum Gasteiger partial charge on any atom is 0.237 e. The Labute approximate surface area is 151 Å². The van der Waals surface area contributed by atoms with E-state index >= 15 is 0 Å². The third-order valence-electron chi connectivity index (χ3n) is 4.00. The molecule has 1 heterocycles. The number of anilines is 2. The van der Waals surface area contributed by atoms with Crippen LogP contribution in [0.1, 0.15) is 12.0 Å². The molecule has 0 fully saturated rings. The zero-order valence-corrected chi connectivity index (χ0v) is 15.1. The summed E-state index contributed by atoms with van der Waals surface area (Å²) in [5, 5.41) is 2.87. The molecule has 0 unspecified atom stereocenters. The monoisotopic (exact) mass is 356 g/mol. The number of carbonyl (C=O) groups is 2. The minimum Gasteiger partial charge on any atom is -0.495 e. The van der Waals surface area contributed by atoms with Gasteiger partial charge in [-0.25, -0.2) is 0 Å². The minimum atomic E-state index is -0.146. The van der Waals surface area contributed by atoms with E-state index in [9.17, 15) is 9.59 Å². The predicted octanol–water partition coefficient (Wildman–Crippen LogP) is 3.47. The van der Waals surface area contributed by atoms with Crippen LogP contribution in [0.2, 0.25) is 0 Å². The van der Waals surface area contributed by atoms with Crippen molar-refractivity contribution in [2.24, 2.45) is 0 Å². The van der Waals surface area contributed by atoms with Crippen LogP contribution in [0.4, 0.5) is 11.4 Å². The number of rotatable bonds is 5. The van der Waals surface area contributed by atoms with E-state index in [2.05, 4.69) is 5.32 Å². The highest BCUT2D eigenvalue weighted by Crippen LogP contribution is 2.35. The summed E-state index contributed by atoms with van der Waals surface area (Å²) in [4.78, 5) is 27.3. The van der Waals surface area contributed by atoms with Gasteiger partial charge in [-0.2, -0.15) is 0 Å². The lowest BCUT2D eigenvalue weighted by molar-refractivity contribution is -0.117. The number of hydrogen-bond donors (Lipinski definition) is 1. The lowest BCUT2D eigenvalue weighted by atomic mass is 10.2. The molecule has 6 heteroatoms. The molecule has 1 aliphatic rings. The molecule has 0 aliphatic carbocycles. The van der Waals surface area contributed by atoms with Crippen molar-refractivity contribution in [3.8, 4) is 5.75 Å². The van der Waals surface area contributed by atoms with Crippen molar-refractivity contribution in [1.29, 1.82) is 0 Å². The van der Waals surface area contributed by atoms with E-state index in [-0.39, 0.29) is 18.2 Å². The SMILES string of the molecule is COc1ccc(C)cc1NC(=O)CCN1C(=O)CSc2ccccc21. The maximum atomic E-state index is 12.3. The number of benzene rings is 2. The first-order chi connectivity index (χ1) is 12.1. The predicted molar refractivity (Wildman–Crippen MR) is 100 cm³/mol. The van der Waals surface area contributed by atoms with Gasteiger partial charge < -0.3 is 15.0 Å². The molecule has 0 saturated carbocycles. The van der Waals surface area contributed by atoms with Crippen molar-refractivity contribution in [1.82, 2.24) is 0 Å². The third kappa shape index (κ3) is 3.96. The molecule has 130 valence electrons. The van der Waals surface area contributed by atoms with Gasteiger partial charge in [0.05, 0.1) is 24.2 Å². The van der Waals surface area contributed by atoms with Crippen molar-refractivity contribution in [2.75, 3.05) is 29.6 Å².